The van der Waals surface area contributed by atoms with Gasteiger partial charge in [0, 0.05) is 29.4 Å². The van der Waals surface area contributed by atoms with Gasteiger partial charge in [-0.25, -0.2) is 13.4 Å². The molecule has 4 aromatic rings. The lowest BCUT2D eigenvalue weighted by Crippen LogP contribution is -2.13. The van der Waals surface area contributed by atoms with Crippen LogP contribution in [-0.4, -0.2) is 44.9 Å². The number of nitrogens with zero attached hydrogens (tertiary/aromatic N) is 3. The third kappa shape index (κ3) is 6.98. The van der Waals surface area contributed by atoms with Crippen LogP contribution in [0.3, 0.4) is 0 Å². The van der Waals surface area contributed by atoms with Crippen LogP contribution in [0.5, 0.6) is 17.2 Å². The van der Waals surface area contributed by atoms with E-state index in [0.717, 1.165) is 11.1 Å². The summed E-state index contributed by atoms with van der Waals surface area (Å²) in [7, 11) is 1.04. The number of nitrogens with two attached hydrogens (primary N) is 3. The Hall–Kier alpha value is -4.72. The van der Waals surface area contributed by atoms with Crippen molar-refractivity contribution in [2.75, 3.05) is 43.3 Å². The highest BCUT2D eigenvalue weighted by Crippen LogP contribution is 2.38. The van der Waals surface area contributed by atoms with E-state index >= 15 is 0 Å². The minimum Gasteiger partial charge on any atom is -0.493 e. The van der Waals surface area contributed by atoms with Gasteiger partial charge in [-0.05, 0) is 55.8 Å². The molecular formula is C25H31N7O6S. The summed E-state index contributed by atoms with van der Waals surface area (Å²) in [6.07, 6.45) is 2.14. The van der Waals surface area contributed by atoms with E-state index < -0.39 is 10.0 Å². The first-order valence-corrected chi connectivity index (χ1v) is 12.9. The fourth-order valence-corrected chi connectivity index (χ4v) is 4.43. The van der Waals surface area contributed by atoms with Gasteiger partial charge in [-0.15, -0.1) is 0 Å². The second-order valence-electron chi connectivity index (χ2n) is 8.24. The molecule has 0 radical (unpaired) electrons. The summed E-state index contributed by atoms with van der Waals surface area (Å²) in [5.41, 5.74) is 19.7. The van der Waals surface area contributed by atoms with Crippen molar-refractivity contribution in [3.05, 3.63) is 65.0 Å². The van der Waals surface area contributed by atoms with E-state index in [-0.39, 0.29) is 16.7 Å². The van der Waals surface area contributed by atoms with E-state index in [4.69, 9.17) is 35.9 Å². The molecule has 14 heteroatoms. The van der Waals surface area contributed by atoms with E-state index in [1.807, 2.05) is 12.1 Å². The van der Waals surface area contributed by atoms with Gasteiger partial charge in [-0.3, -0.25) is 4.72 Å². The van der Waals surface area contributed by atoms with Gasteiger partial charge in [0.2, 0.25) is 11.7 Å². The van der Waals surface area contributed by atoms with Gasteiger partial charge in [-0.1, -0.05) is 5.16 Å². The molecule has 2 aromatic carbocycles. The fraction of sp³-hybridized carbons (Fsp3) is 0.240. The number of benzene rings is 2. The molecule has 0 saturated carbocycles. The van der Waals surface area contributed by atoms with Gasteiger partial charge >= 0.3 is 0 Å². The van der Waals surface area contributed by atoms with Gasteiger partial charge in [0.05, 0.1) is 26.2 Å². The molecule has 208 valence electrons. The highest BCUT2D eigenvalue weighted by molar-refractivity contribution is 7.92. The Morgan fingerprint density at radius 2 is 1.56 bits per heavy atom. The molecule has 2 heterocycles. The van der Waals surface area contributed by atoms with Crippen LogP contribution in [0.25, 0.3) is 0 Å². The topological polar surface area (TPSA) is 204 Å². The van der Waals surface area contributed by atoms with Crippen LogP contribution >= 0.6 is 0 Å². The Kier molecular flexibility index (Phi) is 9.04. The van der Waals surface area contributed by atoms with Crippen molar-refractivity contribution >= 4 is 33.3 Å². The average molecular weight is 558 g/mol. The quantitative estimate of drug-likeness (QED) is 0.231. The molecule has 39 heavy (non-hydrogen) atoms. The van der Waals surface area contributed by atoms with Crippen LogP contribution in [0.2, 0.25) is 0 Å². The SMILES string of the molecule is COc1cc(Cc2cnc(N)nc2N)cc(OC)c1OC.Cc1onc(NS(=O)(=O)c2ccc(N)cc2)c1C. The Balaban J connectivity index is 0.000000218. The summed E-state index contributed by atoms with van der Waals surface area (Å²) in [5, 5.41) is 3.65. The Bertz CT molecular complexity index is 1510. The fourth-order valence-electron chi connectivity index (χ4n) is 3.37. The van der Waals surface area contributed by atoms with Crippen molar-refractivity contribution in [1.29, 1.82) is 0 Å². The minimum absolute atomic E-state index is 0.122. The summed E-state index contributed by atoms with van der Waals surface area (Å²) in [5.74, 6) is 3.00. The average Bonchev–Trinajstić information content (AvgIpc) is 3.22. The minimum atomic E-state index is -3.67. The standard InChI is InChI=1S/C14H18N4O3.C11H13N3O3S/c1-19-10-5-8(6-11(20-2)12(10)21-3)4-9-7-17-14(16)18-13(9)15;1-7-8(2)17-13-11(7)14-18(15,16)10-5-3-9(12)4-6-10/h5-7H,4H2,1-3H3,(H4,15,16,17,18);3-6H,12H2,1-2H3,(H,13,14). The van der Waals surface area contributed by atoms with Crippen LogP contribution in [0, 0.1) is 13.8 Å². The van der Waals surface area contributed by atoms with Crippen LogP contribution in [0.1, 0.15) is 22.5 Å². The lowest BCUT2D eigenvalue weighted by Gasteiger charge is -2.14. The number of nitrogen functional groups attached to an aromatic ring is 3. The number of nitrogens with one attached hydrogen (secondary N) is 1. The molecule has 0 unspecified atom stereocenters. The molecule has 0 aliphatic heterocycles. The van der Waals surface area contributed by atoms with E-state index in [1.165, 1.54) is 24.3 Å². The van der Waals surface area contributed by atoms with Crippen LogP contribution in [-0.2, 0) is 16.4 Å². The number of methoxy groups -OCH3 is 3. The van der Waals surface area contributed by atoms with Crippen molar-refractivity contribution < 1.29 is 27.2 Å². The number of sulfonamides is 1. The molecule has 13 nitrogen and oxygen atoms in total. The Labute approximate surface area is 226 Å². The van der Waals surface area contributed by atoms with Crippen molar-refractivity contribution in [2.24, 2.45) is 0 Å². The summed E-state index contributed by atoms with van der Waals surface area (Å²) in [6, 6.07) is 9.62. The number of hydrogen-bond donors (Lipinski definition) is 4. The lowest BCUT2D eigenvalue weighted by atomic mass is 10.1. The maximum Gasteiger partial charge on any atom is 0.263 e. The van der Waals surface area contributed by atoms with Crippen molar-refractivity contribution in [3.63, 3.8) is 0 Å². The van der Waals surface area contributed by atoms with E-state index in [9.17, 15) is 8.42 Å². The molecule has 0 fully saturated rings. The molecule has 0 aliphatic rings. The number of anilines is 4. The number of ether oxygens (including phenoxy) is 3. The number of aryl methyl sites for hydroxylation is 1. The molecule has 0 aliphatic carbocycles. The highest BCUT2D eigenvalue weighted by Gasteiger charge is 2.18. The molecule has 0 bridgehead atoms. The zero-order valence-corrected chi connectivity index (χ0v) is 23.0. The van der Waals surface area contributed by atoms with Crippen molar-refractivity contribution in [1.82, 2.24) is 15.1 Å². The monoisotopic (exact) mass is 557 g/mol. The predicted octanol–water partition coefficient (Wildman–Crippen LogP) is 2.93. The number of aromatic nitrogens is 3. The molecule has 0 spiro atoms. The zero-order valence-electron chi connectivity index (χ0n) is 22.2. The molecule has 2 aromatic heterocycles. The number of rotatable bonds is 8. The molecule has 0 saturated heterocycles. The van der Waals surface area contributed by atoms with E-state index in [0.29, 0.717) is 46.5 Å². The molecular weight excluding hydrogens is 526 g/mol. The first-order chi connectivity index (χ1) is 18.5. The largest absolute Gasteiger partial charge is 0.493 e. The van der Waals surface area contributed by atoms with Crippen molar-refractivity contribution in [3.8, 4) is 17.2 Å². The smallest absolute Gasteiger partial charge is 0.263 e. The summed E-state index contributed by atoms with van der Waals surface area (Å²) in [6.45, 7) is 3.44. The third-order valence-corrected chi connectivity index (χ3v) is 6.97. The highest BCUT2D eigenvalue weighted by atomic mass is 32.2. The van der Waals surface area contributed by atoms with Crippen LogP contribution in [0.4, 0.5) is 23.3 Å². The van der Waals surface area contributed by atoms with Crippen molar-refractivity contribution in [2.45, 2.75) is 25.2 Å². The lowest BCUT2D eigenvalue weighted by molar-refractivity contribution is 0.324. The summed E-state index contributed by atoms with van der Waals surface area (Å²) >= 11 is 0. The molecule has 0 amide bonds. The van der Waals surface area contributed by atoms with Gasteiger partial charge in [0.25, 0.3) is 10.0 Å². The second kappa shape index (κ2) is 12.2. The van der Waals surface area contributed by atoms with Gasteiger partial charge in [-0.2, -0.15) is 4.98 Å². The summed E-state index contributed by atoms with van der Waals surface area (Å²) < 4.78 is 47.3. The second-order valence-corrected chi connectivity index (χ2v) is 9.92. The molecule has 0 atom stereocenters. The first-order valence-electron chi connectivity index (χ1n) is 11.5. The molecule has 4 rings (SSSR count). The van der Waals surface area contributed by atoms with E-state index in [1.54, 1.807) is 41.4 Å². The number of hydrogen-bond acceptors (Lipinski definition) is 12. The zero-order chi connectivity index (χ0) is 28.7. The van der Waals surface area contributed by atoms with Gasteiger partial charge in [0.15, 0.2) is 17.3 Å². The Morgan fingerprint density at radius 1 is 0.949 bits per heavy atom. The normalized spacial score (nSPS) is 10.8. The van der Waals surface area contributed by atoms with Crippen LogP contribution in [0.15, 0.2) is 52.0 Å². The first kappa shape index (κ1) is 28.8. The predicted molar refractivity (Wildman–Crippen MR) is 147 cm³/mol. The Morgan fingerprint density at radius 3 is 2.05 bits per heavy atom. The summed E-state index contributed by atoms with van der Waals surface area (Å²) in [4.78, 5) is 8.02. The maximum atomic E-state index is 12.0. The molecule has 7 N–H and O–H groups in total. The van der Waals surface area contributed by atoms with Gasteiger partial charge < -0.3 is 35.9 Å². The van der Waals surface area contributed by atoms with Crippen LogP contribution < -0.4 is 36.1 Å². The van der Waals surface area contributed by atoms with E-state index in [2.05, 4.69) is 19.8 Å². The maximum absolute atomic E-state index is 12.0. The van der Waals surface area contributed by atoms with Gasteiger partial charge in [0.1, 0.15) is 11.6 Å². The third-order valence-electron chi connectivity index (χ3n) is 5.61.